The Morgan fingerprint density at radius 1 is 1.16 bits per heavy atom. The van der Waals surface area contributed by atoms with E-state index in [4.69, 9.17) is 16.3 Å². The zero-order valence-corrected chi connectivity index (χ0v) is 14.8. The molecule has 0 aliphatic carbocycles. The maximum absolute atomic E-state index is 12.1. The topological polar surface area (TPSA) is 60.4 Å². The number of ketones is 2. The van der Waals surface area contributed by atoms with Crippen LogP contribution in [0.15, 0.2) is 48.5 Å². The number of hydrogen-bond donors (Lipinski definition) is 0. The van der Waals surface area contributed by atoms with Crippen LogP contribution < -0.4 is 4.74 Å². The van der Waals surface area contributed by atoms with Crippen molar-refractivity contribution in [2.45, 2.75) is 18.1 Å². The van der Waals surface area contributed by atoms with Crippen LogP contribution in [-0.2, 0) is 16.0 Å². The molecule has 2 aromatic rings. The molecule has 0 radical (unpaired) electrons. The molecule has 0 amide bonds. The lowest BCUT2D eigenvalue weighted by molar-refractivity contribution is -0.121. The number of rotatable bonds is 6. The van der Waals surface area contributed by atoms with Crippen molar-refractivity contribution in [1.29, 1.82) is 0 Å². The third-order valence-corrected chi connectivity index (χ3v) is 5.17. The fourth-order valence-electron chi connectivity index (χ4n) is 2.51. The summed E-state index contributed by atoms with van der Waals surface area (Å²) in [5.74, 6) is 0.404. The van der Waals surface area contributed by atoms with Crippen LogP contribution in [0.1, 0.15) is 22.3 Å². The second-order valence-electron chi connectivity index (χ2n) is 5.69. The third-order valence-electron chi connectivity index (χ3n) is 3.81. The summed E-state index contributed by atoms with van der Waals surface area (Å²) in [6, 6.07) is 13.9. The monoisotopic (exact) mass is 374 g/mol. The van der Waals surface area contributed by atoms with E-state index in [-0.39, 0.29) is 35.0 Å². The van der Waals surface area contributed by atoms with E-state index in [2.05, 4.69) is 0 Å². The first-order valence-corrected chi connectivity index (χ1v) is 9.00. The summed E-state index contributed by atoms with van der Waals surface area (Å²) in [6.45, 7) is -0.0782. The Morgan fingerprint density at radius 3 is 2.56 bits per heavy atom. The minimum atomic E-state index is -0.288. The lowest BCUT2D eigenvalue weighted by atomic mass is 10.1. The van der Waals surface area contributed by atoms with Crippen LogP contribution in [0.2, 0.25) is 5.02 Å². The molecule has 1 aliphatic rings. The number of thioether (sulfide) groups is 1. The number of benzene rings is 2. The second-order valence-corrected chi connectivity index (χ2v) is 7.39. The number of carbonyl (C=O) groups excluding carboxylic acids is 3. The molecule has 0 N–H and O–H groups in total. The van der Waals surface area contributed by atoms with Gasteiger partial charge in [0.15, 0.2) is 23.3 Å². The molecule has 4 nitrogen and oxygen atoms in total. The molecule has 3 rings (SSSR count). The zero-order valence-electron chi connectivity index (χ0n) is 13.2. The van der Waals surface area contributed by atoms with E-state index in [9.17, 15) is 14.4 Å². The molecular weight excluding hydrogens is 360 g/mol. The highest BCUT2D eigenvalue weighted by molar-refractivity contribution is 8.15. The molecule has 1 aliphatic heterocycles. The van der Waals surface area contributed by atoms with E-state index in [0.717, 1.165) is 17.3 Å². The molecule has 25 heavy (non-hydrogen) atoms. The van der Waals surface area contributed by atoms with Gasteiger partial charge in [-0.05, 0) is 36.2 Å². The third kappa shape index (κ3) is 4.71. The number of carbonyl (C=O) groups is 3. The molecule has 0 bridgehead atoms. The van der Waals surface area contributed by atoms with Crippen molar-refractivity contribution >= 4 is 40.0 Å². The van der Waals surface area contributed by atoms with Gasteiger partial charge in [-0.25, -0.2) is 0 Å². The Balaban J connectivity index is 1.55. The predicted molar refractivity (Wildman–Crippen MR) is 97.4 cm³/mol. The second kappa shape index (κ2) is 7.85. The largest absolute Gasteiger partial charge is 0.485 e. The van der Waals surface area contributed by atoms with Crippen LogP contribution >= 0.6 is 23.4 Å². The van der Waals surface area contributed by atoms with Crippen LogP contribution in [0.3, 0.4) is 0 Å². The summed E-state index contributed by atoms with van der Waals surface area (Å²) in [6.07, 6.45) is 0.555. The smallest absolute Gasteiger partial charge is 0.200 e. The standard InChI is InChI=1S/C19H15ClO4S/c20-14-3-1-2-13(9-14)17(22)11-24-15-6-4-12(5-7-15)8-18-16(21)10-19(23)25-18/h1-7,9,18H,8,10-11H2. The Morgan fingerprint density at radius 2 is 1.92 bits per heavy atom. The first kappa shape index (κ1) is 17.7. The summed E-state index contributed by atoms with van der Waals surface area (Å²) in [5, 5.41) is 0.158. The fourth-order valence-corrected chi connectivity index (χ4v) is 3.73. The zero-order chi connectivity index (χ0) is 17.8. The Labute approximate surface area is 154 Å². The number of hydrogen-bond acceptors (Lipinski definition) is 5. The van der Waals surface area contributed by atoms with Crippen molar-refractivity contribution in [3.8, 4) is 5.75 Å². The molecular formula is C19H15ClO4S. The van der Waals surface area contributed by atoms with Gasteiger partial charge in [-0.15, -0.1) is 0 Å². The van der Waals surface area contributed by atoms with E-state index in [1.165, 1.54) is 0 Å². The van der Waals surface area contributed by atoms with Gasteiger partial charge in [-0.3, -0.25) is 14.4 Å². The van der Waals surface area contributed by atoms with Crippen LogP contribution in [0.4, 0.5) is 0 Å². The predicted octanol–water partition coefficient (Wildman–Crippen LogP) is 3.75. The van der Waals surface area contributed by atoms with E-state index in [1.54, 1.807) is 36.4 Å². The lowest BCUT2D eigenvalue weighted by Crippen LogP contribution is -2.13. The molecule has 1 fully saturated rings. The first-order chi connectivity index (χ1) is 12.0. The van der Waals surface area contributed by atoms with Crippen molar-refractivity contribution in [2.75, 3.05) is 6.61 Å². The van der Waals surface area contributed by atoms with Gasteiger partial charge in [0.25, 0.3) is 0 Å². The van der Waals surface area contributed by atoms with E-state index in [1.807, 2.05) is 12.1 Å². The lowest BCUT2D eigenvalue weighted by Gasteiger charge is -2.09. The van der Waals surface area contributed by atoms with Crippen LogP contribution in [-0.4, -0.2) is 28.5 Å². The molecule has 1 unspecified atom stereocenters. The molecule has 2 aromatic carbocycles. The van der Waals surface area contributed by atoms with Crippen molar-refractivity contribution in [3.05, 3.63) is 64.7 Å². The van der Waals surface area contributed by atoms with Gasteiger partial charge in [0.1, 0.15) is 5.75 Å². The van der Waals surface area contributed by atoms with Crippen LogP contribution in [0, 0.1) is 0 Å². The van der Waals surface area contributed by atoms with Gasteiger partial charge >= 0.3 is 0 Å². The number of ether oxygens (including phenoxy) is 1. The molecule has 0 aromatic heterocycles. The van der Waals surface area contributed by atoms with Gasteiger partial charge < -0.3 is 4.74 Å². The Bertz CT molecular complexity index is 816. The molecule has 1 saturated heterocycles. The molecule has 0 spiro atoms. The Hall–Kier alpha value is -2.11. The van der Waals surface area contributed by atoms with Crippen LogP contribution in [0.25, 0.3) is 0 Å². The summed E-state index contributed by atoms with van der Waals surface area (Å²) in [5.41, 5.74) is 1.46. The minimum absolute atomic E-state index is 0.0116. The maximum atomic E-state index is 12.1. The molecule has 128 valence electrons. The summed E-state index contributed by atoms with van der Waals surface area (Å²) >= 11 is 6.98. The van der Waals surface area contributed by atoms with E-state index < -0.39 is 0 Å². The normalized spacial score (nSPS) is 16.9. The average molecular weight is 375 g/mol. The van der Waals surface area contributed by atoms with E-state index in [0.29, 0.717) is 22.8 Å². The van der Waals surface area contributed by atoms with Crippen LogP contribution in [0.5, 0.6) is 5.75 Å². The summed E-state index contributed by atoms with van der Waals surface area (Å²) in [4.78, 5) is 35.0. The average Bonchev–Trinajstić information content (AvgIpc) is 2.91. The highest BCUT2D eigenvalue weighted by Gasteiger charge is 2.31. The highest BCUT2D eigenvalue weighted by atomic mass is 35.5. The SMILES string of the molecule is O=C1CC(=O)C(Cc2ccc(OCC(=O)c3cccc(Cl)c3)cc2)S1. The molecule has 0 saturated carbocycles. The number of halogens is 1. The van der Waals surface area contributed by atoms with Gasteiger partial charge in [0, 0.05) is 10.6 Å². The fraction of sp³-hybridized carbons (Fsp3) is 0.211. The Kier molecular flexibility index (Phi) is 5.56. The summed E-state index contributed by atoms with van der Waals surface area (Å²) < 4.78 is 5.51. The van der Waals surface area contributed by atoms with Crippen molar-refractivity contribution in [2.24, 2.45) is 0 Å². The van der Waals surface area contributed by atoms with E-state index >= 15 is 0 Å². The summed E-state index contributed by atoms with van der Waals surface area (Å²) in [7, 11) is 0. The van der Waals surface area contributed by atoms with Gasteiger partial charge in [-0.2, -0.15) is 0 Å². The molecule has 1 heterocycles. The van der Waals surface area contributed by atoms with Crippen molar-refractivity contribution < 1.29 is 19.1 Å². The highest BCUT2D eigenvalue weighted by Crippen LogP contribution is 2.28. The van der Waals surface area contributed by atoms with Gasteiger partial charge in [0.05, 0.1) is 11.7 Å². The first-order valence-electron chi connectivity index (χ1n) is 7.74. The molecule has 1 atom stereocenters. The van der Waals surface area contributed by atoms with Gasteiger partial charge in [0.2, 0.25) is 0 Å². The quantitative estimate of drug-likeness (QED) is 0.569. The maximum Gasteiger partial charge on any atom is 0.200 e. The number of Topliss-reactive ketones (excluding diaryl/α,β-unsaturated/α-hetero) is 2. The molecule has 6 heteroatoms. The van der Waals surface area contributed by atoms with Crippen molar-refractivity contribution in [1.82, 2.24) is 0 Å². The van der Waals surface area contributed by atoms with Crippen molar-refractivity contribution in [3.63, 3.8) is 0 Å². The minimum Gasteiger partial charge on any atom is -0.485 e. The van der Waals surface area contributed by atoms with Gasteiger partial charge in [-0.1, -0.05) is 47.6 Å².